The zero-order valence-electron chi connectivity index (χ0n) is 9.30. The monoisotopic (exact) mass is 243 g/mol. The number of para-hydroxylation sites is 1. The van der Waals surface area contributed by atoms with Crippen LogP contribution in [0.1, 0.15) is 5.56 Å². The van der Waals surface area contributed by atoms with Gasteiger partial charge in [-0.2, -0.15) is 0 Å². The molecular weight excluding hydrogens is 230 g/mol. The second-order valence-corrected chi connectivity index (χ2v) is 4.23. The molecule has 0 saturated heterocycles. The predicted octanol–water partition coefficient (Wildman–Crippen LogP) is 3.31. The molecule has 17 heavy (non-hydrogen) atoms. The normalized spacial score (nSPS) is 9.88. The van der Waals surface area contributed by atoms with E-state index in [-0.39, 0.29) is 0 Å². The Labute approximate surface area is 106 Å². The van der Waals surface area contributed by atoms with E-state index >= 15 is 0 Å². The van der Waals surface area contributed by atoms with Gasteiger partial charge in [-0.25, -0.2) is 0 Å². The lowest BCUT2D eigenvalue weighted by Crippen LogP contribution is -2.10. The van der Waals surface area contributed by atoms with E-state index in [0.717, 1.165) is 17.1 Å². The molecule has 2 rings (SSSR count). The Morgan fingerprint density at radius 2 is 1.71 bits per heavy atom. The molecule has 0 aliphatic rings. The Morgan fingerprint density at radius 3 is 2.41 bits per heavy atom. The van der Waals surface area contributed by atoms with Crippen LogP contribution in [0.3, 0.4) is 0 Å². The Hall–Kier alpha value is -1.87. The summed E-state index contributed by atoms with van der Waals surface area (Å²) in [5.74, 6) is 1.62. The summed E-state index contributed by atoms with van der Waals surface area (Å²) in [6, 6.07) is 17.4. The molecule has 0 saturated carbocycles. The highest BCUT2D eigenvalue weighted by Gasteiger charge is 1.99. The van der Waals surface area contributed by atoms with Gasteiger partial charge >= 0.3 is 0 Å². The van der Waals surface area contributed by atoms with E-state index in [1.807, 2.05) is 54.6 Å². The summed E-state index contributed by atoms with van der Waals surface area (Å²) in [7, 11) is 0. The van der Waals surface area contributed by atoms with Crippen LogP contribution in [0.25, 0.3) is 0 Å². The van der Waals surface area contributed by atoms with Gasteiger partial charge in [0.2, 0.25) is 0 Å². The second kappa shape index (κ2) is 5.46. The maximum Gasteiger partial charge on any atom is 0.127 e. The number of thiocarbonyl (C=S) groups is 1. The van der Waals surface area contributed by atoms with Crippen LogP contribution in [0.4, 0.5) is 0 Å². The van der Waals surface area contributed by atoms with Crippen molar-refractivity contribution in [3.63, 3.8) is 0 Å². The van der Waals surface area contributed by atoms with Crippen LogP contribution in [0.2, 0.25) is 0 Å². The van der Waals surface area contributed by atoms with E-state index < -0.39 is 0 Å². The molecule has 0 heterocycles. The molecule has 86 valence electrons. The first-order valence-electron chi connectivity index (χ1n) is 5.34. The SMILES string of the molecule is NC(=S)Cc1cccc(Oc2ccccc2)c1. The standard InChI is InChI=1S/C14H13NOS/c15-14(17)10-11-5-4-8-13(9-11)16-12-6-2-1-3-7-12/h1-9H,10H2,(H2,15,17). The number of hydrogen-bond acceptors (Lipinski definition) is 2. The van der Waals surface area contributed by atoms with Gasteiger partial charge in [0.05, 0.1) is 4.99 Å². The summed E-state index contributed by atoms with van der Waals surface area (Å²) in [4.78, 5) is 0.488. The van der Waals surface area contributed by atoms with Crippen LogP contribution in [0.15, 0.2) is 54.6 Å². The van der Waals surface area contributed by atoms with Gasteiger partial charge in [-0.3, -0.25) is 0 Å². The molecule has 0 spiro atoms. The van der Waals surface area contributed by atoms with Gasteiger partial charge < -0.3 is 10.5 Å². The second-order valence-electron chi connectivity index (χ2n) is 3.71. The molecule has 0 aliphatic heterocycles. The van der Waals surface area contributed by atoms with Crippen LogP contribution >= 0.6 is 12.2 Å². The molecule has 2 N–H and O–H groups in total. The van der Waals surface area contributed by atoms with Crippen LogP contribution in [-0.4, -0.2) is 4.99 Å². The fourth-order valence-electron chi connectivity index (χ4n) is 1.54. The van der Waals surface area contributed by atoms with Gasteiger partial charge in [0, 0.05) is 6.42 Å². The van der Waals surface area contributed by atoms with Gasteiger partial charge in [0.1, 0.15) is 11.5 Å². The molecular formula is C14H13NOS. The van der Waals surface area contributed by atoms with E-state index in [0.29, 0.717) is 11.4 Å². The lowest BCUT2D eigenvalue weighted by Gasteiger charge is -2.07. The minimum absolute atomic E-state index is 0.488. The van der Waals surface area contributed by atoms with E-state index in [9.17, 15) is 0 Å². The lowest BCUT2D eigenvalue weighted by atomic mass is 10.1. The van der Waals surface area contributed by atoms with Crippen molar-refractivity contribution in [2.45, 2.75) is 6.42 Å². The number of hydrogen-bond donors (Lipinski definition) is 1. The minimum Gasteiger partial charge on any atom is -0.457 e. The molecule has 0 radical (unpaired) electrons. The average molecular weight is 243 g/mol. The smallest absolute Gasteiger partial charge is 0.127 e. The summed E-state index contributed by atoms with van der Waals surface area (Å²) in [6.45, 7) is 0. The molecule has 0 aromatic heterocycles. The highest BCUT2D eigenvalue weighted by Crippen LogP contribution is 2.21. The van der Waals surface area contributed by atoms with Gasteiger partial charge in [0.15, 0.2) is 0 Å². The van der Waals surface area contributed by atoms with Crippen molar-refractivity contribution in [3.8, 4) is 11.5 Å². The van der Waals surface area contributed by atoms with Gasteiger partial charge in [-0.15, -0.1) is 0 Å². The van der Waals surface area contributed by atoms with Crippen molar-refractivity contribution >= 4 is 17.2 Å². The highest BCUT2D eigenvalue weighted by molar-refractivity contribution is 7.80. The van der Waals surface area contributed by atoms with Crippen molar-refractivity contribution in [1.82, 2.24) is 0 Å². The first-order chi connectivity index (χ1) is 8.24. The molecule has 0 amide bonds. The number of ether oxygens (including phenoxy) is 1. The third kappa shape index (κ3) is 3.57. The van der Waals surface area contributed by atoms with Crippen LogP contribution < -0.4 is 10.5 Å². The Balaban J connectivity index is 2.14. The van der Waals surface area contributed by atoms with E-state index in [1.54, 1.807) is 0 Å². The van der Waals surface area contributed by atoms with Crippen molar-refractivity contribution in [3.05, 3.63) is 60.2 Å². The van der Waals surface area contributed by atoms with Crippen molar-refractivity contribution < 1.29 is 4.74 Å². The third-order valence-corrected chi connectivity index (χ3v) is 2.40. The molecule has 0 aliphatic carbocycles. The quantitative estimate of drug-likeness (QED) is 0.837. The molecule has 0 fully saturated rings. The van der Waals surface area contributed by atoms with E-state index in [2.05, 4.69) is 0 Å². The van der Waals surface area contributed by atoms with Gasteiger partial charge in [-0.05, 0) is 29.8 Å². The molecule has 0 bridgehead atoms. The number of nitrogens with two attached hydrogens (primary N) is 1. The average Bonchev–Trinajstić information content (AvgIpc) is 2.30. The largest absolute Gasteiger partial charge is 0.457 e. The molecule has 3 heteroatoms. The first-order valence-corrected chi connectivity index (χ1v) is 5.75. The van der Waals surface area contributed by atoms with Crippen molar-refractivity contribution in [1.29, 1.82) is 0 Å². The zero-order chi connectivity index (χ0) is 12.1. The Bertz CT molecular complexity index is 511. The lowest BCUT2D eigenvalue weighted by molar-refractivity contribution is 0.482. The first kappa shape index (κ1) is 11.6. The Morgan fingerprint density at radius 1 is 1.00 bits per heavy atom. The molecule has 2 aromatic rings. The summed E-state index contributed by atoms with van der Waals surface area (Å²) in [6.07, 6.45) is 0.599. The predicted molar refractivity (Wildman–Crippen MR) is 73.4 cm³/mol. The van der Waals surface area contributed by atoms with Gasteiger partial charge in [0.25, 0.3) is 0 Å². The zero-order valence-corrected chi connectivity index (χ0v) is 10.1. The van der Waals surface area contributed by atoms with Crippen LogP contribution in [0, 0.1) is 0 Å². The maximum absolute atomic E-state index is 5.72. The van der Waals surface area contributed by atoms with E-state index in [1.165, 1.54) is 0 Å². The molecule has 2 aromatic carbocycles. The Kier molecular flexibility index (Phi) is 3.73. The van der Waals surface area contributed by atoms with Gasteiger partial charge in [-0.1, -0.05) is 42.5 Å². The minimum atomic E-state index is 0.488. The van der Waals surface area contributed by atoms with Crippen molar-refractivity contribution in [2.24, 2.45) is 5.73 Å². The van der Waals surface area contributed by atoms with E-state index in [4.69, 9.17) is 22.7 Å². The number of benzene rings is 2. The highest BCUT2D eigenvalue weighted by atomic mass is 32.1. The molecule has 0 atom stereocenters. The van der Waals surface area contributed by atoms with Crippen LogP contribution in [-0.2, 0) is 6.42 Å². The number of rotatable bonds is 4. The topological polar surface area (TPSA) is 35.2 Å². The molecule has 2 nitrogen and oxygen atoms in total. The third-order valence-electron chi connectivity index (χ3n) is 2.26. The summed E-state index contributed by atoms with van der Waals surface area (Å²) in [5, 5.41) is 0. The summed E-state index contributed by atoms with van der Waals surface area (Å²) >= 11 is 4.89. The maximum atomic E-state index is 5.72. The fourth-order valence-corrected chi connectivity index (χ4v) is 1.71. The van der Waals surface area contributed by atoms with Crippen LogP contribution in [0.5, 0.6) is 11.5 Å². The summed E-state index contributed by atoms with van der Waals surface area (Å²) in [5.41, 5.74) is 6.58. The molecule has 0 unspecified atom stereocenters. The van der Waals surface area contributed by atoms with Crippen molar-refractivity contribution in [2.75, 3.05) is 0 Å². The fraction of sp³-hybridized carbons (Fsp3) is 0.0714. The summed E-state index contributed by atoms with van der Waals surface area (Å²) < 4.78 is 5.72.